The van der Waals surface area contributed by atoms with Gasteiger partial charge in [-0.25, -0.2) is 0 Å². The van der Waals surface area contributed by atoms with Crippen molar-refractivity contribution < 1.29 is 0 Å². The van der Waals surface area contributed by atoms with Crippen molar-refractivity contribution in [2.24, 2.45) is 0 Å². The molecule has 0 saturated heterocycles. The summed E-state index contributed by atoms with van der Waals surface area (Å²) in [5.74, 6) is 0.750. The lowest BCUT2D eigenvalue weighted by Crippen LogP contribution is -1.99. The van der Waals surface area contributed by atoms with Gasteiger partial charge in [0.2, 0.25) is 0 Å². The number of aromatic amines is 1. The maximum absolute atomic E-state index is 5.30. The largest absolute Gasteiger partial charge is 0.267 e. The molecule has 0 aromatic carbocycles. The SMILES string of the molecule is Cc1cncc(-n2c(-c3ccncc3)n[nH]c2=S)c1. The fourth-order valence-corrected chi connectivity index (χ4v) is 2.13. The molecule has 0 spiro atoms. The lowest BCUT2D eigenvalue weighted by atomic mass is 10.2. The third-order valence-corrected chi connectivity index (χ3v) is 3.00. The van der Waals surface area contributed by atoms with E-state index in [9.17, 15) is 0 Å². The molecule has 3 aromatic rings. The van der Waals surface area contributed by atoms with Crippen LogP contribution in [-0.2, 0) is 0 Å². The molecule has 0 unspecified atom stereocenters. The number of hydrogen-bond donors (Lipinski definition) is 1. The van der Waals surface area contributed by atoms with Gasteiger partial charge in [-0.15, -0.1) is 0 Å². The molecule has 0 fully saturated rings. The summed E-state index contributed by atoms with van der Waals surface area (Å²) in [5, 5.41) is 7.10. The summed E-state index contributed by atoms with van der Waals surface area (Å²) in [6.45, 7) is 1.99. The van der Waals surface area contributed by atoms with Crippen molar-refractivity contribution in [1.82, 2.24) is 24.7 Å². The highest BCUT2D eigenvalue weighted by Gasteiger charge is 2.10. The molecule has 94 valence electrons. The summed E-state index contributed by atoms with van der Waals surface area (Å²) in [6.07, 6.45) is 7.03. The molecule has 5 nitrogen and oxygen atoms in total. The van der Waals surface area contributed by atoms with Gasteiger partial charge in [-0.3, -0.25) is 19.6 Å². The highest BCUT2D eigenvalue weighted by atomic mass is 32.1. The minimum absolute atomic E-state index is 0.541. The Labute approximate surface area is 115 Å². The number of hydrogen-bond acceptors (Lipinski definition) is 4. The molecule has 0 aliphatic carbocycles. The van der Waals surface area contributed by atoms with Crippen LogP contribution in [-0.4, -0.2) is 24.7 Å². The van der Waals surface area contributed by atoms with Crippen molar-refractivity contribution in [3.05, 3.63) is 53.3 Å². The van der Waals surface area contributed by atoms with Crippen molar-refractivity contribution in [3.63, 3.8) is 0 Å². The van der Waals surface area contributed by atoms with Crippen molar-refractivity contribution in [2.75, 3.05) is 0 Å². The maximum Gasteiger partial charge on any atom is 0.200 e. The highest BCUT2D eigenvalue weighted by Crippen LogP contribution is 2.20. The standard InChI is InChI=1S/C13H11N5S/c1-9-6-11(8-15-7-9)18-12(16-17-13(18)19)10-2-4-14-5-3-10/h2-8H,1H3,(H,17,19). The summed E-state index contributed by atoms with van der Waals surface area (Å²) in [5.41, 5.74) is 2.91. The zero-order valence-corrected chi connectivity index (χ0v) is 11.1. The summed E-state index contributed by atoms with van der Waals surface area (Å²) >= 11 is 5.30. The quantitative estimate of drug-likeness (QED) is 0.727. The second-order valence-electron chi connectivity index (χ2n) is 4.14. The van der Waals surface area contributed by atoms with E-state index in [2.05, 4.69) is 20.2 Å². The first-order chi connectivity index (χ1) is 9.25. The van der Waals surface area contributed by atoms with Gasteiger partial charge in [-0.05, 0) is 42.9 Å². The van der Waals surface area contributed by atoms with Gasteiger partial charge in [-0.2, -0.15) is 5.10 Å². The number of pyridine rings is 2. The van der Waals surface area contributed by atoms with Crippen molar-refractivity contribution >= 4 is 12.2 Å². The van der Waals surface area contributed by atoms with E-state index in [1.54, 1.807) is 24.8 Å². The lowest BCUT2D eigenvalue weighted by Gasteiger charge is -2.06. The Morgan fingerprint density at radius 2 is 1.95 bits per heavy atom. The predicted octanol–water partition coefficient (Wildman–Crippen LogP) is 2.70. The first kappa shape index (κ1) is 11.7. The van der Waals surface area contributed by atoms with Crippen LogP contribution in [0.5, 0.6) is 0 Å². The number of aryl methyl sites for hydroxylation is 1. The van der Waals surface area contributed by atoms with Gasteiger partial charge in [0.1, 0.15) is 0 Å². The summed E-state index contributed by atoms with van der Waals surface area (Å²) in [7, 11) is 0. The molecule has 0 aliphatic heterocycles. The molecule has 6 heteroatoms. The Balaban J connectivity index is 2.23. The Morgan fingerprint density at radius 1 is 1.16 bits per heavy atom. The van der Waals surface area contributed by atoms with Gasteiger partial charge in [0, 0.05) is 24.2 Å². The number of nitrogens with one attached hydrogen (secondary N) is 1. The minimum Gasteiger partial charge on any atom is -0.267 e. The Morgan fingerprint density at radius 3 is 2.68 bits per heavy atom. The van der Waals surface area contributed by atoms with Gasteiger partial charge in [0.05, 0.1) is 11.9 Å². The van der Waals surface area contributed by atoms with Gasteiger partial charge in [0.15, 0.2) is 10.6 Å². The van der Waals surface area contributed by atoms with Crippen molar-refractivity contribution in [1.29, 1.82) is 0 Å². The van der Waals surface area contributed by atoms with Crippen LogP contribution in [0, 0.1) is 11.7 Å². The maximum atomic E-state index is 5.30. The molecule has 3 heterocycles. The fourth-order valence-electron chi connectivity index (χ4n) is 1.89. The van der Waals surface area contributed by atoms with E-state index in [0.717, 1.165) is 22.6 Å². The van der Waals surface area contributed by atoms with E-state index in [1.807, 2.05) is 29.7 Å². The summed E-state index contributed by atoms with van der Waals surface area (Å²) < 4.78 is 2.41. The average Bonchev–Trinajstić information content (AvgIpc) is 2.82. The molecule has 0 saturated carbocycles. The van der Waals surface area contributed by atoms with Crippen LogP contribution in [0.15, 0.2) is 43.0 Å². The van der Waals surface area contributed by atoms with Crippen LogP contribution in [0.25, 0.3) is 17.1 Å². The summed E-state index contributed by atoms with van der Waals surface area (Å²) in [6, 6.07) is 5.80. The third kappa shape index (κ3) is 2.17. The number of rotatable bonds is 2. The fraction of sp³-hybridized carbons (Fsp3) is 0.0769. The van der Waals surface area contributed by atoms with Gasteiger partial charge >= 0.3 is 0 Å². The van der Waals surface area contributed by atoms with E-state index in [1.165, 1.54) is 0 Å². The number of nitrogens with zero attached hydrogens (tertiary/aromatic N) is 4. The first-order valence-electron chi connectivity index (χ1n) is 5.75. The zero-order chi connectivity index (χ0) is 13.2. The van der Waals surface area contributed by atoms with E-state index >= 15 is 0 Å². The third-order valence-electron chi connectivity index (χ3n) is 2.73. The van der Waals surface area contributed by atoms with Crippen LogP contribution in [0.4, 0.5) is 0 Å². The zero-order valence-electron chi connectivity index (χ0n) is 10.2. The predicted molar refractivity (Wildman–Crippen MR) is 74.5 cm³/mol. The van der Waals surface area contributed by atoms with Crippen molar-refractivity contribution in [3.8, 4) is 17.1 Å². The monoisotopic (exact) mass is 269 g/mol. The molecule has 19 heavy (non-hydrogen) atoms. The Hall–Kier alpha value is -2.34. The average molecular weight is 269 g/mol. The number of H-pyrrole nitrogens is 1. The summed E-state index contributed by atoms with van der Waals surface area (Å²) in [4.78, 5) is 8.20. The first-order valence-corrected chi connectivity index (χ1v) is 6.16. The molecule has 0 amide bonds. The molecular weight excluding hydrogens is 258 g/mol. The molecule has 3 rings (SSSR count). The second kappa shape index (κ2) is 4.74. The molecule has 0 bridgehead atoms. The normalized spacial score (nSPS) is 10.6. The van der Waals surface area contributed by atoms with Crippen LogP contribution in [0.3, 0.4) is 0 Å². The smallest absolute Gasteiger partial charge is 0.200 e. The van der Waals surface area contributed by atoms with Crippen LogP contribution in [0.2, 0.25) is 0 Å². The Bertz CT molecular complexity index is 760. The second-order valence-corrected chi connectivity index (χ2v) is 4.53. The molecule has 0 aliphatic rings. The lowest BCUT2D eigenvalue weighted by molar-refractivity contribution is 1.02. The van der Waals surface area contributed by atoms with E-state index in [4.69, 9.17) is 12.2 Å². The van der Waals surface area contributed by atoms with E-state index < -0.39 is 0 Å². The highest BCUT2D eigenvalue weighted by molar-refractivity contribution is 7.71. The van der Waals surface area contributed by atoms with E-state index in [-0.39, 0.29) is 0 Å². The van der Waals surface area contributed by atoms with E-state index in [0.29, 0.717) is 4.77 Å². The van der Waals surface area contributed by atoms with Crippen LogP contribution >= 0.6 is 12.2 Å². The topological polar surface area (TPSA) is 59.4 Å². The van der Waals surface area contributed by atoms with Crippen LogP contribution in [0.1, 0.15) is 5.56 Å². The Kier molecular flexibility index (Phi) is 2.92. The van der Waals surface area contributed by atoms with Crippen LogP contribution < -0.4 is 0 Å². The minimum atomic E-state index is 0.541. The van der Waals surface area contributed by atoms with Gasteiger partial charge in [0.25, 0.3) is 0 Å². The molecule has 0 atom stereocenters. The molecular formula is C13H11N5S. The molecule has 1 N–H and O–H groups in total. The number of aromatic nitrogens is 5. The molecule has 3 aromatic heterocycles. The van der Waals surface area contributed by atoms with Gasteiger partial charge in [-0.1, -0.05) is 0 Å². The van der Waals surface area contributed by atoms with Gasteiger partial charge < -0.3 is 0 Å². The van der Waals surface area contributed by atoms with Crippen molar-refractivity contribution in [2.45, 2.75) is 6.92 Å². The molecule has 0 radical (unpaired) electrons.